The van der Waals surface area contributed by atoms with E-state index in [0.29, 0.717) is 0 Å². The minimum absolute atomic E-state index is 0.166. The topological polar surface area (TPSA) is 87.3 Å². The van der Waals surface area contributed by atoms with Crippen molar-refractivity contribution in [3.63, 3.8) is 0 Å². The SMILES string of the molecule is CNC(=O)CCNC(=O)NC(=O)CCl. The van der Waals surface area contributed by atoms with Gasteiger partial charge >= 0.3 is 6.03 Å². The number of rotatable bonds is 4. The first kappa shape index (κ1) is 12.7. The lowest BCUT2D eigenvalue weighted by Gasteiger charge is -2.04. The van der Waals surface area contributed by atoms with Crippen LogP contribution in [0, 0.1) is 0 Å². The van der Waals surface area contributed by atoms with Gasteiger partial charge in [0.05, 0.1) is 0 Å². The molecule has 0 radical (unpaired) electrons. The Hall–Kier alpha value is -1.30. The highest BCUT2D eigenvalue weighted by Gasteiger charge is 2.05. The highest BCUT2D eigenvalue weighted by Crippen LogP contribution is 1.77. The molecule has 0 aliphatic carbocycles. The Balaban J connectivity index is 3.54. The Kier molecular flexibility index (Phi) is 6.47. The van der Waals surface area contributed by atoms with Crippen molar-refractivity contribution in [1.29, 1.82) is 0 Å². The fraction of sp³-hybridized carbons (Fsp3) is 0.571. The van der Waals surface area contributed by atoms with Crippen molar-refractivity contribution in [1.82, 2.24) is 16.0 Å². The molecule has 80 valence electrons. The van der Waals surface area contributed by atoms with Crippen LogP contribution in [0.2, 0.25) is 0 Å². The average Bonchev–Trinajstić information content (AvgIpc) is 2.17. The lowest BCUT2D eigenvalue weighted by atomic mass is 10.4. The third kappa shape index (κ3) is 6.24. The fourth-order valence-corrected chi connectivity index (χ4v) is 0.686. The maximum Gasteiger partial charge on any atom is 0.321 e. The predicted octanol–water partition coefficient (Wildman–Crippen LogP) is -0.813. The number of hydrogen-bond donors (Lipinski definition) is 3. The van der Waals surface area contributed by atoms with Crippen molar-refractivity contribution < 1.29 is 14.4 Å². The molecule has 0 fully saturated rings. The molecule has 0 spiro atoms. The number of nitrogens with one attached hydrogen (secondary N) is 3. The van der Waals surface area contributed by atoms with E-state index in [0.717, 1.165) is 0 Å². The molecule has 7 heteroatoms. The molecule has 6 nitrogen and oxygen atoms in total. The number of carbonyl (C=O) groups is 3. The Bertz CT molecular complexity index is 232. The van der Waals surface area contributed by atoms with Gasteiger partial charge in [0.25, 0.3) is 0 Å². The second-order valence-electron chi connectivity index (χ2n) is 2.36. The molecule has 0 aromatic rings. The van der Waals surface area contributed by atoms with Gasteiger partial charge in [0, 0.05) is 20.0 Å². The molecular weight excluding hydrogens is 210 g/mol. The van der Waals surface area contributed by atoms with Gasteiger partial charge in [-0.1, -0.05) is 0 Å². The summed E-state index contributed by atoms with van der Waals surface area (Å²) in [5, 5.41) is 6.68. The third-order valence-electron chi connectivity index (χ3n) is 1.29. The number of urea groups is 1. The van der Waals surface area contributed by atoms with Crippen molar-refractivity contribution in [3.8, 4) is 0 Å². The summed E-state index contributed by atoms with van der Waals surface area (Å²) < 4.78 is 0. The van der Waals surface area contributed by atoms with Crippen LogP contribution in [0.4, 0.5) is 4.79 Å². The van der Waals surface area contributed by atoms with Crippen LogP contribution in [0.25, 0.3) is 0 Å². The predicted molar refractivity (Wildman–Crippen MR) is 50.9 cm³/mol. The second kappa shape index (κ2) is 7.14. The van der Waals surface area contributed by atoms with Crippen LogP contribution in [-0.2, 0) is 9.59 Å². The van der Waals surface area contributed by atoms with E-state index in [1.807, 2.05) is 5.32 Å². The summed E-state index contributed by atoms with van der Waals surface area (Å²) in [4.78, 5) is 32.1. The molecule has 0 aliphatic rings. The Morgan fingerprint density at radius 2 is 1.86 bits per heavy atom. The van der Waals surface area contributed by atoms with Gasteiger partial charge in [0.15, 0.2) is 0 Å². The monoisotopic (exact) mass is 221 g/mol. The Morgan fingerprint density at radius 1 is 1.21 bits per heavy atom. The van der Waals surface area contributed by atoms with E-state index < -0.39 is 11.9 Å². The van der Waals surface area contributed by atoms with Gasteiger partial charge in [0.2, 0.25) is 11.8 Å². The zero-order valence-corrected chi connectivity index (χ0v) is 8.48. The molecule has 0 aromatic carbocycles. The molecule has 0 unspecified atom stereocenters. The first-order valence-electron chi connectivity index (χ1n) is 3.94. The van der Waals surface area contributed by atoms with E-state index in [1.165, 1.54) is 7.05 Å². The van der Waals surface area contributed by atoms with Crippen LogP contribution in [0.5, 0.6) is 0 Å². The van der Waals surface area contributed by atoms with Gasteiger partial charge in [-0.2, -0.15) is 0 Å². The van der Waals surface area contributed by atoms with Crippen molar-refractivity contribution in [2.45, 2.75) is 6.42 Å². The first-order chi connectivity index (χ1) is 6.60. The number of halogens is 1. The molecule has 0 heterocycles. The number of amides is 4. The van der Waals surface area contributed by atoms with Crippen LogP contribution in [0.15, 0.2) is 0 Å². The van der Waals surface area contributed by atoms with Crippen molar-refractivity contribution >= 4 is 29.4 Å². The molecule has 0 aromatic heterocycles. The molecular formula is C7H12ClN3O3. The van der Waals surface area contributed by atoms with Crippen molar-refractivity contribution in [3.05, 3.63) is 0 Å². The Labute approximate surface area is 86.4 Å². The maximum atomic E-state index is 10.8. The van der Waals surface area contributed by atoms with Gasteiger partial charge in [0.1, 0.15) is 5.88 Å². The van der Waals surface area contributed by atoms with Crippen LogP contribution < -0.4 is 16.0 Å². The largest absolute Gasteiger partial charge is 0.359 e. The minimum atomic E-state index is -0.653. The second-order valence-corrected chi connectivity index (χ2v) is 2.63. The fourth-order valence-electron chi connectivity index (χ4n) is 0.619. The summed E-state index contributed by atoms with van der Waals surface area (Å²) in [6.45, 7) is 0.168. The molecule has 0 rings (SSSR count). The summed E-state index contributed by atoms with van der Waals surface area (Å²) in [5.41, 5.74) is 0. The lowest BCUT2D eigenvalue weighted by Crippen LogP contribution is -2.41. The van der Waals surface area contributed by atoms with Crippen LogP contribution in [0.1, 0.15) is 6.42 Å². The van der Waals surface area contributed by atoms with E-state index in [2.05, 4.69) is 10.6 Å². The summed E-state index contributed by atoms with van der Waals surface area (Å²) in [7, 11) is 1.50. The number of alkyl halides is 1. The third-order valence-corrected chi connectivity index (χ3v) is 1.53. The molecule has 14 heavy (non-hydrogen) atoms. The highest BCUT2D eigenvalue weighted by atomic mass is 35.5. The standard InChI is InChI=1S/C7H12ClN3O3/c1-9-5(12)2-3-10-7(14)11-6(13)4-8/h2-4H2,1H3,(H,9,12)(H2,10,11,13,14). The van der Waals surface area contributed by atoms with Gasteiger partial charge < -0.3 is 10.6 Å². The molecule has 0 bridgehead atoms. The van der Waals surface area contributed by atoms with E-state index in [-0.39, 0.29) is 24.8 Å². The van der Waals surface area contributed by atoms with E-state index in [4.69, 9.17) is 11.6 Å². The molecule has 0 atom stereocenters. The van der Waals surface area contributed by atoms with Gasteiger partial charge in [-0.15, -0.1) is 11.6 Å². The smallest absolute Gasteiger partial charge is 0.321 e. The lowest BCUT2D eigenvalue weighted by molar-refractivity contribution is -0.120. The maximum absolute atomic E-state index is 10.8. The summed E-state index contributed by atoms with van der Waals surface area (Å²) in [6.07, 6.45) is 0.166. The quantitative estimate of drug-likeness (QED) is 0.543. The van der Waals surface area contributed by atoms with Crippen molar-refractivity contribution in [2.75, 3.05) is 19.5 Å². The number of carbonyl (C=O) groups excluding carboxylic acids is 3. The van der Waals surface area contributed by atoms with Gasteiger partial charge in [-0.25, -0.2) is 4.79 Å². The minimum Gasteiger partial charge on any atom is -0.359 e. The molecule has 3 N–H and O–H groups in total. The van der Waals surface area contributed by atoms with Crippen LogP contribution in [-0.4, -0.2) is 37.3 Å². The zero-order valence-electron chi connectivity index (χ0n) is 7.72. The van der Waals surface area contributed by atoms with Crippen molar-refractivity contribution in [2.24, 2.45) is 0 Å². The normalized spacial score (nSPS) is 9.00. The summed E-state index contributed by atoms with van der Waals surface area (Å²) >= 11 is 5.15. The van der Waals surface area contributed by atoms with Gasteiger partial charge in [-0.05, 0) is 0 Å². The molecule has 0 aliphatic heterocycles. The molecule has 0 saturated carbocycles. The van der Waals surface area contributed by atoms with Gasteiger partial charge in [-0.3, -0.25) is 14.9 Å². The van der Waals surface area contributed by atoms with E-state index >= 15 is 0 Å². The summed E-state index contributed by atoms with van der Waals surface area (Å²) in [6, 6.07) is -0.653. The average molecular weight is 222 g/mol. The van der Waals surface area contributed by atoms with E-state index in [9.17, 15) is 14.4 Å². The molecule has 4 amide bonds. The van der Waals surface area contributed by atoms with E-state index in [1.54, 1.807) is 0 Å². The highest BCUT2D eigenvalue weighted by molar-refractivity contribution is 6.28. The number of imide groups is 1. The first-order valence-corrected chi connectivity index (χ1v) is 4.47. The van der Waals surface area contributed by atoms with Crippen LogP contribution in [0.3, 0.4) is 0 Å². The molecule has 0 saturated heterocycles. The number of hydrogen-bond acceptors (Lipinski definition) is 3. The Morgan fingerprint density at radius 3 is 2.36 bits per heavy atom. The van der Waals surface area contributed by atoms with Crippen LogP contribution >= 0.6 is 11.6 Å². The summed E-state index contributed by atoms with van der Waals surface area (Å²) in [5.74, 6) is -1.04. The zero-order chi connectivity index (χ0) is 11.0.